The Balaban J connectivity index is 1.77. The Bertz CT molecular complexity index is 623. The molecule has 1 aliphatic rings. The van der Waals surface area contributed by atoms with E-state index in [0.717, 1.165) is 36.2 Å². The molecule has 0 aliphatic heterocycles. The summed E-state index contributed by atoms with van der Waals surface area (Å²) >= 11 is 0. The molecule has 4 heteroatoms. The number of Topliss-reactive ketones (excluding diaryl/α,β-unsaturated/α-hetero) is 1. The third kappa shape index (κ3) is 2.22. The molecule has 1 heterocycles. The van der Waals surface area contributed by atoms with Crippen LogP contribution >= 0.6 is 0 Å². The molecule has 1 aliphatic carbocycles. The van der Waals surface area contributed by atoms with E-state index in [1.807, 2.05) is 42.1 Å². The van der Waals surface area contributed by atoms with Crippen LogP contribution in [-0.2, 0) is 23.2 Å². The molecular formula is C16H19N3O. The number of benzene rings is 1. The molecule has 104 valence electrons. The van der Waals surface area contributed by atoms with Crippen molar-refractivity contribution in [1.82, 2.24) is 9.78 Å². The van der Waals surface area contributed by atoms with Crippen LogP contribution in [0.25, 0.3) is 0 Å². The molecule has 0 amide bonds. The van der Waals surface area contributed by atoms with Gasteiger partial charge in [0.15, 0.2) is 0 Å². The summed E-state index contributed by atoms with van der Waals surface area (Å²) in [7, 11) is 0. The second-order valence-corrected chi connectivity index (χ2v) is 5.51. The molecule has 1 aromatic carbocycles. The van der Waals surface area contributed by atoms with Crippen LogP contribution in [0.2, 0.25) is 0 Å². The third-order valence-corrected chi connectivity index (χ3v) is 4.12. The topological polar surface area (TPSA) is 60.9 Å². The maximum atomic E-state index is 12.6. The Morgan fingerprint density at radius 3 is 2.60 bits per heavy atom. The van der Waals surface area contributed by atoms with E-state index in [-0.39, 0.29) is 11.2 Å². The Morgan fingerprint density at radius 1 is 1.35 bits per heavy atom. The summed E-state index contributed by atoms with van der Waals surface area (Å²) in [5.74, 6) is 0.290. The molecule has 20 heavy (non-hydrogen) atoms. The predicted octanol–water partition coefficient (Wildman–Crippen LogP) is 2.33. The lowest BCUT2D eigenvalue weighted by atomic mass is 9.88. The van der Waals surface area contributed by atoms with Gasteiger partial charge in [0.1, 0.15) is 5.78 Å². The molecule has 1 saturated carbocycles. The van der Waals surface area contributed by atoms with E-state index in [2.05, 4.69) is 5.10 Å². The molecule has 0 spiro atoms. The molecule has 1 aromatic heterocycles. The van der Waals surface area contributed by atoms with Crippen LogP contribution in [0.5, 0.6) is 0 Å². The van der Waals surface area contributed by atoms with Crippen molar-refractivity contribution in [2.45, 2.75) is 38.1 Å². The van der Waals surface area contributed by atoms with E-state index in [1.54, 1.807) is 6.20 Å². The Kier molecular flexibility index (Phi) is 3.08. The summed E-state index contributed by atoms with van der Waals surface area (Å²) in [6.07, 6.45) is 6.09. The first kappa shape index (κ1) is 12.9. The van der Waals surface area contributed by atoms with Gasteiger partial charge >= 0.3 is 0 Å². The van der Waals surface area contributed by atoms with E-state index in [1.165, 1.54) is 0 Å². The van der Waals surface area contributed by atoms with Crippen molar-refractivity contribution in [2.24, 2.45) is 0 Å². The highest BCUT2D eigenvalue weighted by molar-refractivity contribution is 5.94. The Morgan fingerprint density at radius 2 is 2.05 bits per heavy atom. The van der Waals surface area contributed by atoms with Gasteiger partial charge in [-0.25, -0.2) is 0 Å². The monoisotopic (exact) mass is 269 g/mol. The van der Waals surface area contributed by atoms with Gasteiger partial charge in [0.2, 0.25) is 0 Å². The highest BCUT2D eigenvalue weighted by atomic mass is 16.1. The zero-order valence-electron chi connectivity index (χ0n) is 11.7. The molecule has 2 aromatic rings. The molecule has 4 nitrogen and oxygen atoms in total. The molecule has 3 rings (SSSR count). The number of carbonyl (C=O) groups is 1. The normalized spacial score (nSPS) is 16.1. The van der Waals surface area contributed by atoms with Crippen LogP contribution in [0.4, 0.5) is 5.69 Å². The van der Waals surface area contributed by atoms with Crippen molar-refractivity contribution in [3.05, 3.63) is 47.8 Å². The summed E-state index contributed by atoms with van der Waals surface area (Å²) < 4.78 is 1.85. The van der Waals surface area contributed by atoms with E-state index in [9.17, 15) is 4.79 Å². The van der Waals surface area contributed by atoms with Crippen molar-refractivity contribution < 1.29 is 4.79 Å². The molecule has 2 N–H and O–H groups in total. The van der Waals surface area contributed by atoms with Gasteiger partial charge in [-0.1, -0.05) is 12.1 Å². The minimum atomic E-state index is -0.276. The molecule has 0 unspecified atom stereocenters. The lowest BCUT2D eigenvalue weighted by Gasteiger charge is -2.14. The maximum absolute atomic E-state index is 12.6. The Labute approximate surface area is 118 Å². The SMILES string of the molecule is CCn1cc(CC(=O)C2(c3ccc(N)cc3)CC2)cn1. The molecule has 0 atom stereocenters. The molecule has 0 radical (unpaired) electrons. The van der Waals surface area contributed by atoms with Crippen LogP contribution < -0.4 is 5.73 Å². The second-order valence-electron chi connectivity index (χ2n) is 5.51. The van der Waals surface area contributed by atoms with Gasteiger partial charge in [-0.3, -0.25) is 9.48 Å². The molecular weight excluding hydrogens is 250 g/mol. The predicted molar refractivity (Wildman–Crippen MR) is 78.4 cm³/mol. The summed E-state index contributed by atoms with van der Waals surface area (Å²) in [5, 5.41) is 4.22. The van der Waals surface area contributed by atoms with Gasteiger partial charge in [-0.2, -0.15) is 5.10 Å². The fourth-order valence-corrected chi connectivity index (χ4v) is 2.68. The first-order valence-electron chi connectivity index (χ1n) is 7.05. The van der Waals surface area contributed by atoms with Crippen molar-refractivity contribution in [1.29, 1.82) is 0 Å². The van der Waals surface area contributed by atoms with Gasteiger partial charge in [0, 0.05) is 24.8 Å². The summed E-state index contributed by atoms with van der Waals surface area (Å²) in [6.45, 7) is 2.87. The standard InChI is InChI=1S/C16H19N3O/c1-2-19-11-12(10-18-19)9-15(20)16(7-8-16)13-3-5-14(17)6-4-13/h3-6,10-11H,2,7-9,17H2,1H3. The van der Waals surface area contributed by atoms with Gasteiger partial charge in [-0.05, 0) is 43.0 Å². The van der Waals surface area contributed by atoms with E-state index in [0.29, 0.717) is 6.42 Å². The number of nitrogen functional groups attached to an aromatic ring is 1. The van der Waals surface area contributed by atoms with Crippen LogP contribution in [0.15, 0.2) is 36.7 Å². The first-order valence-corrected chi connectivity index (χ1v) is 7.05. The number of anilines is 1. The van der Waals surface area contributed by atoms with Gasteiger partial charge in [0.05, 0.1) is 11.6 Å². The average molecular weight is 269 g/mol. The van der Waals surface area contributed by atoms with E-state index < -0.39 is 0 Å². The van der Waals surface area contributed by atoms with Gasteiger partial charge in [-0.15, -0.1) is 0 Å². The minimum absolute atomic E-state index is 0.276. The number of nitrogens with zero attached hydrogens (tertiary/aromatic N) is 2. The zero-order chi connectivity index (χ0) is 14.2. The highest BCUT2D eigenvalue weighted by Crippen LogP contribution is 2.49. The van der Waals surface area contributed by atoms with Crippen molar-refractivity contribution in [3.63, 3.8) is 0 Å². The number of aromatic nitrogens is 2. The summed E-state index contributed by atoms with van der Waals surface area (Å²) in [6, 6.07) is 7.71. The van der Waals surface area contributed by atoms with Gasteiger partial charge < -0.3 is 5.73 Å². The van der Waals surface area contributed by atoms with Crippen molar-refractivity contribution in [3.8, 4) is 0 Å². The fraction of sp³-hybridized carbons (Fsp3) is 0.375. The number of aryl methyl sites for hydroxylation is 1. The third-order valence-electron chi connectivity index (χ3n) is 4.12. The largest absolute Gasteiger partial charge is 0.399 e. The van der Waals surface area contributed by atoms with Gasteiger partial charge in [0.25, 0.3) is 0 Å². The molecule has 1 fully saturated rings. The number of nitrogens with two attached hydrogens (primary N) is 1. The average Bonchev–Trinajstić information content (AvgIpc) is 3.14. The van der Waals surface area contributed by atoms with Crippen LogP contribution in [-0.4, -0.2) is 15.6 Å². The van der Waals surface area contributed by atoms with Crippen molar-refractivity contribution >= 4 is 11.5 Å². The first-order chi connectivity index (χ1) is 9.64. The van der Waals surface area contributed by atoms with E-state index in [4.69, 9.17) is 5.73 Å². The zero-order valence-corrected chi connectivity index (χ0v) is 11.7. The van der Waals surface area contributed by atoms with Crippen LogP contribution in [0, 0.1) is 0 Å². The lowest BCUT2D eigenvalue weighted by Crippen LogP contribution is -2.22. The number of hydrogen-bond donors (Lipinski definition) is 1. The van der Waals surface area contributed by atoms with Crippen LogP contribution in [0.3, 0.4) is 0 Å². The molecule has 0 bridgehead atoms. The van der Waals surface area contributed by atoms with E-state index >= 15 is 0 Å². The quantitative estimate of drug-likeness (QED) is 0.847. The summed E-state index contributed by atoms with van der Waals surface area (Å²) in [5.41, 5.74) is 8.27. The number of ketones is 1. The van der Waals surface area contributed by atoms with Crippen molar-refractivity contribution in [2.75, 3.05) is 5.73 Å². The van der Waals surface area contributed by atoms with Crippen LogP contribution in [0.1, 0.15) is 30.9 Å². The minimum Gasteiger partial charge on any atom is -0.399 e. The number of carbonyl (C=O) groups excluding carboxylic acids is 1. The maximum Gasteiger partial charge on any atom is 0.147 e. The fourth-order valence-electron chi connectivity index (χ4n) is 2.68. The second kappa shape index (κ2) is 4.78. The highest BCUT2D eigenvalue weighted by Gasteiger charge is 2.50. The Hall–Kier alpha value is -2.10. The number of rotatable bonds is 5. The number of hydrogen-bond acceptors (Lipinski definition) is 3. The lowest BCUT2D eigenvalue weighted by molar-refractivity contribution is -0.120. The molecule has 0 saturated heterocycles. The smallest absolute Gasteiger partial charge is 0.147 e. The summed E-state index contributed by atoms with van der Waals surface area (Å²) in [4.78, 5) is 12.6.